The third-order valence-corrected chi connectivity index (χ3v) is 2.90. The van der Waals surface area contributed by atoms with Gasteiger partial charge in [0.05, 0.1) is 5.69 Å². The predicted molar refractivity (Wildman–Crippen MR) is 64.6 cm³/mol. The van der Waals surface area contributed by atoms with Gasteiger partial charge in [0.1, 0.15) is 0 Å². The predicted octanol–water partition coefficient (Wildman–Crippen LogP) is 2.12. The number of halogens is 1. The number of hydrogen-bond acceptors (Lipinski definition) is 2. The van der Waals surface area contributed by atoms with Gasteiger partial charge < -0.3 is 4.90 Å². The molecule has 82 valence electrons. The summed E-state index contributed by atoms with van der Waals surface area (Å²) in [7, 11) is 3.32. The first-order valence-corrected chi connectivity index (χ1v) is 5.25. The summed E-state index contributed by atoms with van der Waals surface area (Å²) in [5.74, 6) is 5.69. The van der Waals surface area contributed by atoms with Crippen LogP contribution in [0, 0.1) is 6.92 Å². The van der Waals surface area contributed by atoms with Crippen molar-refractivity contribution in [2.75, 3.05) is 19.1 Å². The second-order valence-electron chi connectivity index (χ2n) is 3.48. The Morgan fingerprint density at radius 1 is 1.40 bits per heavy atom. The van der Waals surface area contributed by atoms with Crippen LogP contribution < -0.4 is 10.9 Å². The van der Waals surface area contributed by atoms with E-state index in [4.69, 9.17) is 5.84 Å². The van der Waals surface area contributed by atoms with Gasteiger partial charge in [0.2, 0.25) is 0 Å². The van der Waals surface area contributed by atoms with Crippen molar-refractivity contribution in [1.29, 1.82) is 0 Å². The monoisotopic (exact) mass is 271 g/mol. The van der Waals surface area contributed by atoms with Gasteiger partial charge in [0, 0.05) is 18.6 Å². The molecule has 4 nitrogen and oxygen atoms in total. The van der Waals surface area contributed by atoms with Crippen molar-refractivity contribution in [3.63, 3.8) is 0 Å². The molecule has 0 bridgehead atoms. The Labute approximate surface area is 97.7 Å². The number of hydrazine groups is 1. The highest BCUT2D eigenvalue weighted by atomic mass is 79.9. The lowest BCUT2D eigenvalue weighted by atomic mass is 10.2. The Bertz CT molecular complexity index is 379. The summed E-state index contributed by atoms with van der Waals surface area (Å²) in [6.07, 6.45) is 0. The Kier molecular flexibility index (Phi) is 3.71. The van der Waals surface area contributed by atoms with Gasteiger partial charge in [-0.3, -0.25) is 0 Å². The van der Waals surface area contributed by atoms with E-state index in [1.54, 1.807) is 20.2 Å². The SMILES string of the molecule is Cc1cc(N(N)C(=O)N(C)C)ccc1Br. The van der Waals surface area contributed by atoms with Crippen molar-refractivity contribution in [2.45, 2.75) is 6.92 Å². The molecular weight excluding hydrogens is 258 g/mol. The Balaban J connectivity index is 2.97. The van der Waals surface area contributed by atoms with Crippen LogP contribution >= 0.6 is 15.9 Å². The van der Waals surface area contributed by atoms with Crippen molar-refractivity contribution in [3.05, 3.63) is 28.2 Å². The number of nitrogens with two attached hydrogens (primary N) is 1. The minimum atomic E-state index is -0.253. The van der Waals surface area contributed by atoms with Crippen LogP contribution in [0.15, 0.2) is 22.7 Å². The molecule has 0 aliphatic rings. The van der Waals surface area contributed by atoms with Crippen LogP contribution in [0.5, 0.6) is 0 Å². The molecule has 0 spiro atoms. The van der Waals surface area contributed by atoms with E-state index in [2.05, 4.69) is 15.9 Å². The first-order chi connectivity index (χ1) is 6.93. The van der Waals surface area contributed by atoms with E-state index < -0.39 is 0 Å². The van der Waals surface area contributed by atoms with Crippen molar-refractivity contribution >= 4 is 27.6 Å². The molecule has 1 aromatic carbocycles. The number of anilines is 1. The number of carbonyl (C=O) groups is 1. The van der Waals surface area contributed by atoms with Crippen LogP contribution in [-0.2, 0) is 0 Å². The summed E-state index contributed by atoms with van der Waals surface area (Å²) in [6.45, 7) is 1.95. The zero-order chi connectivity index (χ0) is 11.6. The lowest BCUT2D eigenvalue weighted by molar-refractivity contribution is 0.224. The van der Waals surface area contributed by atoms with Crippen molar-refractivity contribution < 1.29 is 4.79 Å². The molecule has 0 fully saturated rings. The maximum absolute atomic E-state index is 11.6. The number of rotatable bonds is 1. The van der Waals surface area contributed by atoms with Gasteiger partial charge in [-0.15, -0.1) is 0 Å². The van der Waals surface area contributed by atoms with Crippen LogP contribution in [0.3, 0.4) is 0 Å². The number of benzene rings is 1. The lowest BCUT2D eigenvalue weighted by Crippen LogP contribution is -2.44. The second kappa shape index (κ2) is 4.63. The fourth-order valence-electron chi connectivity index (χ4n) is 1.10. The van der Waals surface area contributed by atoms with Gasteiger partial charge in [-0.1, -0.05) is 15.9 Å². The third kappa shape index (κ3) is 2.70. The molecule has 0 aliphatic heterocycles. The standard InChI is InChI=1S/C10H14BrN3O/c1-7-6-8(4-5-9(7)11)14(12)10(15)13(2)3/h4-6H,12H2,1-3H3. The number of aryl methyl sites for hydroxylation is 1. The topological polar surface area (TPSA) is 49.6 Å². The second-order valence-corrected chi connectivity index (χ2v) is 4.33. The molecule has 0 radical (unpaired) electrons. The van der Waals surface area contributed by atoms with Crippen LogP contribution in [0.1, 0.15) is 5.56 Å². The van der Waals surface area contributed by atoms with E-state index in [9.17, 15) is 4.79 Å². The fourth-order valence-corrected chi connectivity index (χ4v) is 1.35. The van der Waals surface area contributed by atoms with Gasteiger partial charge in [0.15, 0.2) is 0 Å². The zero-order valence-corrected chi connectivity index (χ0v) is 10.6. The summed E-state index contributed by atoms with van der Waals surface area (Å²) in [5, 5.41) is 1.12. The Morgan fingerprint density at radius 2 is 2.00 bits per heavy atom. The molecule has 0 heterocycles. The van der Waals surface area contributed by atoms with Crippen LogP contribution in [0.4, 0.5) is 10.5 Å². The average Bonchev–Trinajstić information content (AvgIpc) is 2.19. The first kappa shape index (κ1) is 12.0. The van der Waals surface area contributed by atoms with E-state index in [-0.39, 0.29) is 6.03 Å². The summed E-state index contributed by atoms with van der Waals surface area (Å²) < 4.78 is 0.997. The number of carbonyl (C=O) groups excluding carboxylic acids is 1. The minimum Gasteiger partial charge on any atom is -0.329 e. The Hall–Kier alpha value is -1.07. The van der Waals surface area contributed by atoms with Gasteiger partial charge >= 0.3 is 6.03 Å². The molecule has 15 heavy (non-hydrogen) atoms. The third-order valence-electron chi connectivity index (χ3n) is 2.01. The largest absolute Gasteiger partial charge is 0.338 e. The lowest BCUT2D eigenvalue weighted by Gasteiger charge is -2.21. The number of hydrogen-bond donors (Lipinski definition) is 1. The normalized spacial score (nSPS) is 9.93. The molecule has 1 aromatic rings. The molecule has 0 saturated heterocycles. The van der Waals surface area contributed by atoms with E-state index >= 15 is 0 Å². The number of urea groups is 1. The molecule has 0 atom stereocenters. The van der Waals surface area contributed by atoms with E-state index in [1.807, 2.05) is 19.1 Å². The molecule has 2 amide bonds. The van der Waals surface area contributed by atoms with E-state index in [0.717, 1.165) is 15.0 Å². The summed E-state index contributed by atoms with van der Waals surface area (Å²) in [6, 6.07) is 5.26. The maximum atomic E-state index is 11.6. The van der Waals surface area contributed by atoms with Crippen LogP contribution in [-0.4, -0.2) is 25.0 Å². The van der Waals surface area contributed by atoms with Gasteiger partial charge in [-0.05, 0) is 30.7 Å². The van der Waals surface area contributed by atoms with E-state index in [1.165, 1.54) is 4.90 Å². The smallest absolute Gasteiger partial charge is 0.329 e. The average molecular weight is 272 g/mol. The first-order valence-electron chi connectivity index (χ1n) is 4.45. The molecule has 0 aliphatic carbocycles. The van der Waals surface area contributed by atoms with Crippen LogP contribution in [0.25, 0.3) is 0 Å². The van der Waals surface area contributed by atoms with Crippen molar-refractivity contribution in [2.24, 2.45) is 5.84 Å². The van der Waals surface area contributed by atoms with Crippen LogP contribution in [0.2, 0.25) is 0 Å². The van der Waals surface area contributed by atoms with Gasteiger partial charge in [0.25, 0.3) is 0 Å². The molecule has 5 heteroatoms. The number of nitrogens with zero attached hydrogens (tertiary/aromatic N) is 2. The van der Waals surface area contributed by atoms with Gasteiger partial charge in [-0.2, -0.15) is 0 Å². The molecule has 1 rings (SSSR count). The minimum absolute atomic E-state index is 0.253. The molecule has 0 aromatic heterocycles. The maximum Gasteiger partial charge on any atom is 0.338 e. The molecule has 0 saturated carbocycles. The zero-order valence-electron chi connectivity index (χ0n) is 8.99. The van der Waals surface area contributed by atoms with Gasteiger partial charge in [-0.25, -0.2) is 15.6 Å². The molecular formula is C10H14BrN3O. The Morgan fingerprint density at radius 3 is 2.47 bits per heavy atom. The highest BCUT2D eigenvalue weighted by Crippen LogP contribution is 2.21. The molecule has 2 N–H and O–H groups in total. The van der Waals surface area contributed by atoms with Crippen molar-refractivity contribution in [1.82, 2.24) is 4.90 Å². The summed E-state index contributed by atoms with van der Waals surface area (Å²) in [4.78, 5) is 13.0. The highest BCUT2D eigenvalue weighted by molar-refractivity contribution is 9.10. The fraction of sp³-hybridized carbons (Fsp3) is 0.300. The summed E-state index contributed by atoms with van der Waals surface area (Å²) >= 11 is 3.39. The number of amides is 2. The summed E-state index contributed by atoms with van der Waals surface area (Å²) in [5.41, 5.74) is 1.71. The van der Waals surface area contributed by atoms with Crippen molar-refractivity contribution in [3.8, 4) is 0 Å². The molecule has 0 unspecified atom stereocenters. The quantitative estimate of drug-likeness (QED) is 0.483. The highest BCUT2D eigenvalue weighted by Gasteiger charge is 2.13. The van der Waals surface area contributed by atoms with E-state index in [0.29, 0.717) is 5.69 Å².